The van der Waals surface area contributed by atoms with Gasteiger partial charge in [0.2, 0.25) is 6.21 Å². The zero-order chi connectivity index (χ0) is 9.10. The van der Waals surface area contributed by atoms with Gasteiger partial charge in [-0.05, 0) is 17.2 Å². The van der Waals surface area contributed by atoms with Gasteiger partial charge in [0.05, 0.1) is 0 Å². The minimum Gasteiger partial charge on any atom is -0.857 e. The molecular formula is C10H10N2O. The van der Waals surface area contributed by atoms with Crippen LogP contribution in [0.15, 0.2) is 35.4 Å². The number of rotatable bonds is 1. The van der Waals surface area contributed by atoms with E-state index in [0.29, 0.717) is 13.0 Å². The van der Waals surface area contributed by atoms with Crippen molar-refractivity contribution in [1.82, 2.24) is 0 Å². The molecule has 0 unspecified atom stereocenters. The van der Waals surface area contributed by atoms with Crippen LogP contribution in [0.4, 0.5) is 0 Å². The van der Waals surface area contributed by atoms with E-state index in [9.17, 15) is 5.11 Å². The Labute approximate surface area is 76.7 Å². The second-order valence-corrected chi connectivity index (χ2v) is 2.95. The van der Waals surface area contributed by atoms with Crippen LogP contribution in [0.3, 0.4) is 0 Å². The molecule has 1 aromatic rings. The number of benzene rings is 1. The molecule has 66 valence electrons. The molecule has 0 aromatic heterocycles. The molecule has 1 aliphatic rings. The highest BCUT2D eigenvalue weighted by atomic mass is 16.3. The Bertz CT molecular complexity index is 354. The minimum absolute atomic E-state index is 0.0350. The maximum atomic E-state index is 10.8. The molecule has 0 amide bonds. The van der Waals surface area contributed by atoms with Gasteiger partial charge in [-0.15, -0.1) is 0 Å². The van der Waals surface area contributed by atoms with Crippen molar-refractivity contribution in [1.29, 1.82) is 0 Å². The van der Waals surface area contributed by atoms with Gasteiger partial charge in [0.25, 0.3) is 0 Å². The molecule has 0 N–H and O–H groups in total. The van der Waals surface area contributed by atoms with Crippen molar-refractivity contribution in [2.45, 2.75) is 6.42 Å². The summed E-state index contributed by atoms with van der Waals surface area (Å²) in [6, 6.07) is 9.85. The molecule has 2 rings (SSSR count). The van der Waals surface area contributed by atoms with Gasteiger partial charge in [-0.3, -0.25) is 0 Å². The molecule has 3 nitrogen and oxygen atoms in total. The predicted molar refractivity (Wildman–Crippen MR) is 48.8 cm³/mol. The van der Waals surface area contributed by atoms with Crippen LogP contribution >= 0.6 is 0 Å². The fraction of sp³-hybridized carbons (Fsp3) is 0.200. The van der Waals surface area contributed by atoms with E-state index in [1.165, 1.54) is 0 Å². The van der Waals surface area contributed by atoms with E-state index in [-0.39, 0.29) is 5.90 Å². The largest absolute Gasteiger partial charge is 0.857 e. The summed E-state index contributed by atoms with van der Waals surface area (Å²) >= 11 is 0. The number of hydrazone groups is 1. The van der Waals surface area contributed by atoms with Crippen LogP contribution in [0.2, 0.25) is 0 Å². The molecule has 0 spiro atoms. The Morgan fingerprint density at radius 2 is 2.08 bits per heavy atom. The lowest BCUT2D eigenvalue weighted by Crippen LogP contribution is -2.13. The smallest absolute Gasteiger partial charge is 0.203 e. The zero-order valence-corrected chi connectivity index (χ0v) is 7.18. The molecule has 0 atom stereocenters. The molecule has 0 bridgehead atoms. The standard InChI is InChI=1S/C10H10N2O/c13-10-6-7-12(11-10)8-9-4-2-1-3-5-9/h1-5,8H,6-7H2. The van der Waals surface area contributed by atoms with Gasteiger partial charge in [-0.2, -0.15) is 0 Å². The number of hydrogen-bond donors (Lipinski definition) is 0. The van der Waals surface area contributed by atoms with Gasteiger partial charge in [-0.25, -0.2) is 0 Å². The molecular weight excluding hydrogens is 164 g/mol. The van der Waals surface area contributed by atoms with Gasteiger partial charge in [0.1, 0.15) is 0 Å². The van der Waals surface area contributed by atoms with Crippen LogP contribution in [-0.2, 0) is 0 Å². The third-order valence-corrected chi connectivity index (χ3v) is 1.89. The first-order valence-corrected chi connectivity index (χ1v) is 4.26. The monoisotopic (exact) mass is 174 g/mol. The van der Waals surface area contributed by atoms with Crippen molar-refractivity contribution >= 4 is 12.1 Å². The quantitative estimate of drug-likeness (QED) is 0.560. The zero-order valence-electron chi connectivity index (χ0n) is 7.18. The highest BCUT2D eigenvalue weighted by molar-refractivity contribution is 5.77. The summed E-state index contributed by atoms with van der Waals surface area (Å²) in [5, 5.41) is 14.6. The first-order valence-electron chi connectivity index (χ1n) is 4.26. The summed E-state index contributed by atoms with van der Waals surface area (Å²) in [5.74, 6) is -0.0350. The fourth-order valence-electron chi connectivity index (χ4n) is 1.26. The second-order valence-electron chi connectivity index (χ2n) is 2.95. The summed E-state index contributed by atoms with van der Waals surface area (Å²) in [7, 11) is 0. The third-order valence-electron chi connectivity index (χ3n) is 1.89. The van der Waals surface area contributed by atoms with Gasteiger partial charge in [-0.1, -0.05) is 22.9 Å². The van der Waals surface area contributed by atoms with E-state index in [1.54, 1.807) is 4.68 Å². The van der Waals surface area contributed by atoms with Crippen molar-refractivity contribution in [3.63, 3.8) is 0 Å². The number of nitrogens with zero attached hydrogens (tertiary/aromatic N) is 2. The van der Waals surface area contributed by atoms with Gasteiger partial charge in [0.15, 0.2) is 6.54 Å². The van der Waals surface area contributed by atoms with Gasteiger partial charge >= 0.3 is 0 Å². The molecule has 0 radical (unpaired) electrons. The van der Waals surface area contributed by atoms with E-state index in [0.717, 1.165) is 5.56 Å². The van der Waals surface area contributed by atoms with Gasteiger partial charge < -0.3 is 5.11 Å². The van der Waals surface area contributed by atoms with Crippen LogP contribution < -0.4 is 5.11 Å². The van der Waals surface area contributed by atoms with E-state index >= 15 is 0 Å². The summed E-state index contributed by atoms with van der Waals surface area (Å²) < 4.78 is 1.69. The van der Waals surface area contributed by atoms with E-state index < -0.39 is 0 Å². The average Bonchev–Trinajstić information content (AvgIpc) is 2.53. The van der Waals surface area contributed by atoms with Crippen molar-refractivity contribution in [2.75, 3.05) is 6.54 Å². The van der Waals surface area contributed by atoms with Crippen LogP contribution in [0.5, 0.6) is 0 Å². The Morgan fingerprint density at radius 3 is 2.69 bits per heavy atom. The highest BCUT2D eigenvalue weighted by Gasteiger charge is 2.10. The molecule has 0 saturated carbocycles. The molecule has 13 heavy (non-hydrogen) atoms. The summed E-state index contributed by atoms with van der Waals surface area (Å²) in [6.07, 6.45) is 2.41. The highest BCUT2D eigenvalue weighted by Crippen LogP contribution is 1.98. The van der Waals surface area contributed by atoms with Crippen molar-refractivity contribution in [2.24, 2.45) is 5.10 Å². The second kappa shape index (κ2) is 3.39. The third kappa shape index (κ3) is 1.93. The fourth-order valence-corrected chi connectivity index (χ4v) is 1.26. The van der Waals surface area contributed by atoms with Crippen LogP contribution in [0.1, 0.15) is 12.0 Å². The Balaban J connectivity index is 2.22. The lowest BCUT2D eigenvalue weighted by atomic mass is 10.2. The number of hydrogen-bond acceptors (Lipinski definition) is 2. The average molecular weight is 174 g/mol. The molecule has 0 saturated heterocycles. The van der Waals surface area contributed by atoms with E-state index in [1.807, 2.05) is 36.5 Å². The molecule has 3 heteroatoms. The SMILES string of the molecule is [O-]C1=N[N+](=Cc2ccccc2)CC1. The van der Waals surface area contributed by atoms with Crippen LogP contribution in [-0.4, -0.2) is 23.3 Å². The molecule has 1 aliphatic heterocycles. The molecule has 1 aromatic carbocycles. The first kappa shape index (κ1) is 7.98. The van der Waals surface area contributed by atoms with Crippen molar-refractivity contribution in [3.8, 4) is 0 Å². The maximum Gasteiger partial charge on any atom is 0.203 e. The van der Waals surface area contributed by atoms with Crippen molar-refractivity contribution < 1.29 is 9.79 Å². The Hall–Kier alpha value is -1.64. The van der Waals surface area contributed by atoms with E-state index in [4.69, 9.17) is 0 Å². The maximum absolute atomic E-state index is 10.8. The predicted octanol–water partition coefficient (Wildman–Crippen LogP) is 0.195. The topological polar surface area (TPSA) is 38.4 Å². The lowest BCUT2D eigenvalue weighted by molar-refractivity contribution is -0.519. The summed E-state index contributed by atoms with van der Waals surface area (Å²) in [4.78, 5) is 0. The molecule has 1 heterocycles. The molecule has 0 aliphatic carbocycles. The summed E-state index contributed by atoms with van der Waals surface area (Å²) in [6.45, 7) is 0.702. The lowest BCUT2D eigenvalue weighted by Gasteiger charge is -1.90. The summed E-state index contributed by atoms with van der Waals surface area (Å²) in [5.41, 5.74) is 1.07. The normalized spacial score (nSPS) is 19.1. The Morgan fingerprint density at radius 1 is 1.31 bits per heavy atom. The molecule has 0 fully saturated rings. The van der Waals surface area contributed by atoms with Crippen LogP contribution in [0, 0.1) is 0 Å². The van der Waals surface area contributed by atoms with Crippen molar-refractivity contribution in [3.05, 3.63) is 35.9 Å². The van der Waals surface area contributed by atoms with Crippen LogP contribution in [0.25, 0.3) is 0 Å². The van der Waals surface area contributed by atoms with Gasteiger partial charge in [0, 0.05) is 17.9 Å². The first-order chi connectivity index (χ1) is 6.34. The van der Waals surface area contributed by atoms with E-state index in [2.05, 4.69) is 5.10 Å². The Kier molecular flexibility index (Phi) is 2.08. The minimum atomic E-state index is -0.0350.